The number of piperazine rings is 1. The molecule has 0 saturated carbocycles. The van der Waals surface area contributed by atoms with Crippen LogP contribution in [-0.2, 0) is 10.0 Å². The highest BCUT2D eigenvalue weighted by Gasteiger charge is 2.33. The Morgan fingerprint density at radius 1 is 0.812 bits per heavy atom. The zero-order valence-corrected chi connectivity index (χ0v) is 20.1. The first-order chi connectivity index (χ1) is 15.2. The van der Waals surface area contributed by atoms with Crippen LogP contribution in [0.5, 0.6) is 0 Å². The van der Waals surface area contributed by atoms with Crippen molar-refractivity contribution in [2.75, 3.05) is 26.2 Å². The number of aromatic nitrogens is 1. The molecular formula is C23H23Cl2N3O3S. The minimum absolute atomic E-state index is 0.0873. The topological polar surface area (TPSA) is 62.6 Å². The third kappa shape index (κ3) is 4.18. The average Bonchev–Trinajstić information content (AvgIpc) is 3.11. The van der Waals surface area contributed by atoms with E-state index in [-0.39, 0.29) is 47.0 Å². The largest absolute Gasteiger partial charge is 0.336 e. The van der Waals surface area contributed by atoms with Crippen LogP contribution in [0.3, 0.4) is 0 Å². The van der Waals surface area contributed by atoms with Crippen molar-refractivity contribution in [1.82, 2.24) is 13.8 Å². The van der Waals surface area contributed by atoms with E-state index in [1.807, 2.05) is 38.1 Å². The number of benzene rings is 2. The van der Waals surface area contributed by atoms with Crippen molar-refractivity contribution in [2.24, 2.45) is 0 Å². The number of hydrogen-bond acceptors (Lipinski definition) is 3. The predicted molar refractivity (Wildman–Crippen MR) is 126 cm³/mol. The third-order valence-corrected chi connectivity index (χ3v) is 8.54. The molecular weight excluding hydrogens is 469 g/mol. The molecule has 2 aromatic carbocycles. The Morgan fingerprint density at radius 3 is 1.88 bits per heavy atom. The highest BCUT2D eigenvalue weighted by atomic mass is 35.5. The molecule has 6 nitrogen and oxygen atoms in total. The Hall–Kier alpha value is -2.32. The second kappa shape index (κ2) is 8.90. The van der Waals surface area contributed by atoms with E-state index in [0.717, 1.165) is 17.1 Å². The van der Waals surface area contributed by atoms with E-state index in [1.165, 1.54) is 16.4 Å². The maximum atomic E-state index is 13.0. The fraction of sp³-hybridized carbons (Fsp3) is 0.261. The fourth-order valence-corrected chi connectivity index (χ4v) is 6.51. The first-order valence-corrected chi connectivity index (χ1v) is 12.4. The second-order valence-corrected chi connectivity index (χ2v) is 10.4. The van der Waals surface area contributed by atoms with Crippen molar-refractivity contribution >= 4 is 39.1 Å². The van der Waals surface area contributed by atoms with E-state index >= 15 is 0 Å². The van der Waals surface area contributed by atoms with Gasteiger partial charge in [-0.25, -0.2) is 8.42 Å². The summed E-state index contributed by atoms with van der Waals surface area (Å²) in [7, 11) is -3.85. The Morgan fingerprint density at radius 2 is 1.34 bits per heavy atom. The average molecular weight is 492 g/mol. The summed E-state index contributed by atoms with van der Waals surface area (Å²) < 4.78 is 29.5. The molecule has 32 heavy (non-hydrogen) atoms. The van der Waals surface area contributed by atoms with Crippen LogP contribution in [0.2, 0.25) is 10.0 Å². The smallest absolute Gasteiger partial charge is 0.253 e. The molecule has 1 aliphatic heterocycles. The molecule has 2 heterocycles. The van der Waals surface area contributed by atoms with E-state index in [1.54, 1.807) is 11.0 Å². The van der Waals surface area contributed by atoms with Crippen LogP contribution in [0.15, 0.2) is 59.5 Å². The van der Waals surface area contributed by atoms with Gasteiger partial charge in [0.2, 0.25) is 10.0 Å². The van der Waals surface area contributed by atoms with Crippen LogP contribution in [0.1, 0.15) is 21.7 Å². The van der Waals surface area contributed by atoms with E-state index < -0.39 is 10.0 Å². The lowest BCUT2D eigenvalue weighted by Gasteiger charge is -2.34. The molecule has 0 unspecified atom stereocenters. The van der Waals surface area contributed by atoms with Gasteiger partial charge in [0.15, 0.2) is 0 Å². The summed E-state index contributed by atoms with van der Waals surface area (Å²) in [6.07, 6.45) is 0. The standard InChI is InChI=1S/C23H23Cl2N3O3S/c1-16-6-7-17(2)28(16)19-10-8-18(9-11-19)23(29)26-12-14-27(15-13-26)32(30,31)22-20(24)4-3-5-21(22)25/h3-11H,12-15H2,1-2H3. The molecule has 4 rings (SSSR count). The van der Waals surface area contributed by atoms with Gasteiger partial charge in [-0.1, -0.05) is 29.3 Å². The number of nitrogens with zero attached hydrogens (tertiary/aromatic N) is 3. The molecule has 168 valence electrons. The highest BCUT2D eigenvalue weighted by Crippen LogP contribution is 2.32. The van der Waals surface area contributed by atoms with Crippen molar-refractivity contribution in [1.29, 1.82) is 0 Å². The van der Waals surface area contributed by atoms with Crippen LogP contribution in [0, 0.1) is 13.8 Å². The summed E-state index contributed by atoms with van der Waals surface area (Å²) in [4.78, 5) is 14.6. The van der Waals surface area contributed by atoms with Gasteiger partial charge in [0.05, 0.1) is 10.0 Å². The number of carbonyl (C=O) groups is 1. The summed E-state index contributed by atoms with van der Waals surface area (Å²) in [5.41, 5.74) is 3.81. The van der Waals surface area contributed by atoms with Crippen molar-refractivity contribution in [2.45, 2.75) is 18.7 Å². The number of rotatable bonds is 4. The summed E-state index contributed by atoms with van der Waals surface area (Å²) >= 11 is 12.2. The van der Waals surface area contributed by atoms with Gasteiger partial charge in [0.25, 0.3) is 5.91 Å². The number of halogens is 2. The SMILES string of the molecule is Cc1ccc(C)n1-c1ccc(C(=O)N2CCN(S(=O)(=O)c3c(Cl)cccc3Cl)CC2)cc1. The van der Waals surface area contributed by atoms with Crippen molar-refractivity contribution in [3.63, 3.8) is 0 Å². The fourth-order valence-electron chi connectivity index (χ4n) is 4.00. The van der Waals surface area contributed by atoms with E-state index in [4.69, 9.17) is 23.2 Å². The molecule has 3 aromatic rings. The third-order valence-electron chi connectivity index (χ3n) is 5.69. The quantitative estimate of drug-likeness (QED) is 0.537. The first kappa shape index (κ1) is 22.9. The van der Waals surface area contributed by atoms with Gasteiger partial charge in [-0.3, -0.25) is 4.79 Å². The minimum atomic E-state index is -3.85. The summed E-state index contributed by atoms with van der Waals surface area (Å²) in [5.74, 6) is -0.120. The van der Waals surface area contributed by atoms with Gasteiger partial charge in [0, 0.05) is 48.8 Å². The number of carbonyl (C=O) groups excluding carboxylic acids is 1. The zero-order valence-electron chi connectivity index (χ0n) is 17.8. The molecule has 0 radical (unpaired) electrons. The molecule has 0 N–H and O–H groups in total. The lowest BCUT2D eigenvalue weighted by molar-refractivity contribution is 0.0698. The highest BCUT2D eigenvalue weighted by molar-refractivity contribution is 7.89. The van der Waals surface area contributed by atoms with Gasteiger partial charge in [-0.15, -0.1) is 0 Å². The van der Waals surface area contributed by atoms with Crippen LogP contribution in [-0.4, -0.2) is 54.3 Å². The van der Waals surface area contributed by atoms with Crippen molar-refractivity contribution in [3.05, 3.63) is 81.6 Å². The van der Waals surface area contributed by atoms with Gasteiger partial charge in [-0.2, -0.15) is 4.31 Å². The lowest BCUT2D eigenvalue weighted by Crippen LogP contribution is -2.50. The number of sulfonamides is 1. The van der Waals surface area contributed by atoms with Crippen LogP contribution < -0.4 is 0 Å². The minimum Gasteiger partial charge on any atom is -0.336 e. The molecule has 0 aliphatic carbocycles. The van der Waals surface area contributed by atoms with Crippen molar-refractivity contribution < 1.29 is 13.2 Å². The Kier molecular flexibility index (Phi) is 6.36. The van der Waals surface area contributed by atoms with Crippen LogP contribution >= 0.6 is 23.2 Å². The Bertz CT molecular complexity index is 1220. The van der Waals surface area contributed by atoms with Crippen molar-refractivity contribution in [3.8, 4) is 5.69 Å². The van der Waals surface area contributed by atoms with Gasteiger partial charge in [-0.05, 0) is 62.4 Å². The number of amides is 1. The van der Waals surface area contributed by atoms with Crippen LogP contribution in [0.4, 0.5) is 0 Å². The second-order valence-electron chi connectivity index (χ2n) is 7.75. The lowest BCUT2D eigenvalue weighted by atomic mass is 10.1. The summed E-state index contributed by atoms with van der Waals surface area (Å²) in [6.45, 7) is 5.01. The number of aryl methyl sites for hydroxylation is 2. The molecule has 0 spiro atoms. The molecule has 1 amide bonds. The number of hydrogen-bond donors (Lipinski definition) is 0. The summed E-state index contributed by atoms with van der Waals surface area (Å²) in [6, 6.07) is 16.2. The molecule has 1 aromatic heterocycles. The predicted octanol–water partition coefficient (Wildman–Crippen LogP) is 4.55. The van der Waals surface area contributed by atoms with E-state index in [9.17, 15) is 13.2 Å². The Labute approximate surface area is 198 Å². The maximum Gasteiger partial charge on any atom is 0.253 e. The molecule has 9 heteroatoms. The molecule has 1 aliphatic rings. The maximum absolute atomic E-state index is 13.0. The summed E-state index contributed by atoms with van der Waals surface area (Å²) in [5, 5.41) is 0.175. The van der Waals surface area contributed by atoms with Crippen LogP contribution in [0.25, 0.3) is 5.69 Å². The Balaban J connectivity index is 1.46. The van der Waals surface area contributed by atoms with E-state index in [2.05, 4.69) is 16.7 Å². The van der Waals surface area contributed by atoms with E-state index in [0.29, 0.717) is 5.56 Å². The van der Waals surface area contributed by atoms with Gasteiger partial charge >= 0.3 is 0 Å². The molecule has 1 fully saturated rings. The molecule has 1 saturated heterocycles. The monoisotopic (exact) mass is 491 g/mol. The normalized spacial score (nSPS) is 15.2. The molecule has 0 bridgehead atoms. The zero-order chi connectivity index (χ0) is 23.0. The van der Waals surface area contributed by atoms with Gasteiger partial charge in [0.1, 0.15) is 4.90 Å². The van der Waals surface area contributed by atoms with Gasteiger partial charge < -0.3 is 9.47 Å². The molecule has 0 atom stereocenters. The first-order valence-electron chi connectivity index (χ1n) is 10.2.